The molecular weight excluding hydrogens is 205 g/mol. The monoisotopic (exact) mass is 217 g/mol. The zero-order valence-electron chi connectivity index (χ0n) is 7.58. The zero-order chi connectivity index (χ0) is 10.8. The molecule has 0 atom stereocenters. The van der Waals surface area contributed by atoms with E-state index in [0.29, 0.717) is 25.9 Å². The fourth-order valence-electron chi connectivity index (χ4n) is 1.49. The van der Waals surface area contributed by atoms with Crippen LogP contribution in [0.25, 0.3) is 0 Å². The van der Waals surface area contributed by atoms with Crippen LogP contribution < -0.4 is 0 Å². The summed E-state index contributed by atoms with van der Waals surface area (Å²) in [5, 5.41) is 0. The molecule has 0 radical (unpaired) electrons. The molecule has 1 aliphatic heterocycles. The van der Waals surface area contributed by atoms with Crippen LogP contribution in [0.5, 0.6) is 0 Å². The molecule has 6 heteroatoms. The molecule has 0 saturated carbocycles. The van der Waals surface area contributed by atoms with Crippen LogP contribution in [-0.4, -0.2) is 36.6 Å². The summed E-state index contributed by atoms with van der Waals surface area (Å²) in [4.78, 5) is 1.18. The van der Waals surface area contributed by atoms with Crippen molar-refractivity contribution in [3.8, 4) is 0 Å². The minimum absolute atomic E-state index is 0.339. The van der Waals surface area contributed by atoms with Gasteiger partial charge < -0.3 is 0 Å². The first-order valence-electron chi connectivity index (χ1n) is 4.50. The number of rotatable bonds is 2. The molecule has 1 heterocycles. The van der Waals surface area contributed by atoms with Gasteiger partial charge in [-0.05, 0) is 25.9 Å². The largest absolute Gasteiger partial charge is 0.454 e. The van der Waals surface area contributed by atoms with Gasteiger partial charge in [0.15, 0.2) is 0 Å². The van der Waals surface area contributed by atoms with Crippen LogP contribution in [0.2, 0.25) is 0 Å². The SMILES string of the molecule is FC(F)(F)C(F)(F)CN1CCCCC1. The molecular formula is C8H12F5N. The Hall–Kier alpha value is -0.390. The molecule has 0 aliphatic carbocycles. The smallest absolute Gasteiger partial charge is 0.297 e. The molecule has 84 valence electrons. The van der Waals surface area contributed by atoms with Crippen LogP contribution in [0.4, 0.5) is 22.0 Å². The van der Waals surface area contributed by atoms with Crippen LogP contribution >= 0.6 is 0 Å². The third kappa shape index (κ3) is 2.80. The summed E-state index contributed by atoms with van der Waals surface area (Å²) in [5.41, 5.74) is 0. The number of alkyl halides is 5. The molecule has 1 aliphatic rings. The Bertz CT molecular complexity index is 183. The van der Waals surface area contributed by atoms with E-state index in [1.807, 2.05) is 0 Å². The van der Waals surface area contributed by atoms with Crippen LogP contribution in [0.15, 0.2) is 0 Å². The minimum atomic E-state index is -5.43. The van der Waals surface area contributed by atoms with Gasteiger partial charge in [0, 0.05) is 0 Å². The zero-order valence-corrected chi connectivity index (χ0v) is 7.58. The maximum Gasteiger partial charge on any atom is 0.454 e. The highest BCUT2D eigenvalue weighted by molar-refractivity contribution is 4.81. The van der Waals surface area contributed by atoms with Gasteiger partial charge in [0.2, 0.25) is 0 Å². The second-order valence-electron chi connectivity index (χ2n) is 3.54. The Labute approximate surface area is 78.9 Å². The van der Waals surface area contributed by atoms with Crippen LogP contribution in [0.3, 0.4) is 0 Å². The van der Waals surface area contributed by atoms with E-state index in [1.54, 1.807) is 0 Å². The topological polar surface area (TPSA) is 3.24 Å². The number of hydrogen-bond acceptors (Lipinski definition) is 1. The number of piperidine rings is 1. The predicted octanol–water partition coefficient (Wildman–Crippen LogP) is 2.67. The predicted molar refractivity (Wildman–Crippen MR) is 41.3 cm³/mol. The number of halogens is 5. The van der Waals surface area contributed by atoms with Gasteiger partial charge in [-0.2, -0.15) is 22.0 Å². The van der Waals surface area contributed by atoms with Crippen molar-refractivity contribution in [1.29, 1.82) is 0 Å². The van der Waals surface area contributed by atoms with Crippen molar-refractivity contribution in [2.24, 2.45) is 0 Å². The maximum atomic E-state index is 12.5. The van der Waals surface area contributed by atoms with Crippen LogP contribution in [-0.2, 0) is 0 Å². The molecule has 1 saturated heterocycles. The molecule has 1 rings (SSSR count). The Morgan fingerprint density at radius 3 is 1.79 bits per heavy atom. The molecule has 1 nitrogen and oxygen atoms in total. The first-order chi connectivity index (χ1) is 6.33. The van der Waals surface area contributed by atoms with Crippen molar-refractivity contribution in [3.63, 3.8) is 0 Å². The van der Waals surface area contributed by atoms with Crippen molar-refractivity contribution in [3.05, 3.63) is 0 Å². The van der Waals surface area contributed by atoms with E-state index in [2.05, 4.69) is 0 Å². The van der Waals surface area contributed by atoms with E-state index < -0.39 is 18.6 Å². The summed E-state index contributed by atoms with van der Waals surface area (Å²) in [6.45, 7) is -0.520. The molecule has 0 aromatic rings. The minimum Gasteiger partial charge on any atom is -0.297 e. The molecule has 0 spiro atoms. The number of hydrogen-bond donors (Lipinski definition) is 0. The third-order valence-electron chi connectivity index (χ3n) is 2.29. The van der Waals surface area contributed by atoms with Crippen molar-refractivity contribution >= 4 is 0 Å². The van der Waals surface area contributed by atoms with Gasteiger partial charge in [0.05, 0.1) is 6.54 Å². The average Bonchev–Trinajstić information content (AvgIpc) is 2.03. The Morgan fingerprint density at radius 2 is 1.36 bits per heavy atom. The van der Waals surface area contributed by atoms with E-state index in [4.69, 9.17) is 0 Å². The van der Waals surface area contributed by atoms with Gasteiger partial charge in [0.25, 0.3) is 0 Å². The van der Waals surface area contributed by atoms with Gasteiger partial charge in [-0.1, -0.05) is 6.42 Å². The molecule has 1 fully saturated rings. The van der Waals surface area contributed by atoms with Crippen molar-refractivity contribution in [2.75, 3.05) is 19.6 Å². The van der Waals surface area contributed by atoms with E-state index in [9.17, 15) is 22.0 Å². The van der Waals surface area contributed by atoms with E-state index in [-0.39, 0.29) is 0 Å². The van der Waals surface area contributed by atoms with Gasteiger partial charge in [-0.3, -0.25) is 4.90 Å². The lowest BCUT2D eigenvalue weighted by Gasteiger charge is -2.30. The van der Waals surface area contributed by atoms with Crippen LogP contribution in [0.1, 0.15) is 19.3 Å². The number of nitrogens with zero attached hydrogens (tertiary/aromatic N) is 1. The van der Waals surface area contributed by atoms with Gasteiger partial charge in [0.1, 0.15) is 0 Å². The lowest BCUT2D eigenvalue weighted by atomic mass is 10.1. The number of likely N-dealkylation sites (tertiary alicyclic amines) is 1. The summed E-state index contributed by atoms with van der Waals surface area (Å²) in [6.07, 6.45) is -3.11. The van der Waals surface area contributed by atoms with E-state index in [1.165, 1.54) is 4.90 Å². The molecule has 0 aromatic carbocycles. The summed E-state index contributed by atoms with van der Waals surface area (Å²) in [7, 11) is 0. The quantitative estimate of drug-likeness (QED) is 0.643. The summed E-state index contributed by atoms with van der Waals surface area (Å²) < 4.78 is 60.5. The summed E-state index contributed by atoms with van der Waals surface area (Å²) in [6, 6.07) is 0. The first-order valence-corrected chi connectivity index (χ1v) is 4.50. The maximum absolute atomic E-state index is 12.5. The normalized spacial score (nSPS) is 21.2. The summed E-state index contributed by atoms with van der Waals surface area (Å²) in [5.74, 6) is -4.58. The van der Waals surface area contributed by atoms with Gasteiger partial charge in [-0.15, -0.1) is 0 Å². The van der Waals surface area contributed by atoms with Crippen molar-refractivity contribution in [2.45, 2.75) is 31.4 Å². The lowest BCUT2D eigenvalue weighted by Crippen LogP contribution is -2.48. The Morgan fingerprint density at radius 1 is 0.857 bits per heavy atom. The Kier molecular flexibility index (Phi) is 3.34. The van der Waals surface area contributed by atoms with Crippen molar-refractivity contribution in [1.82, 2.24) is 4.90 Å². The first kappa shape index (κ1) is 11.7. The lowest BCUT2D eigenvalue weighted by molar-refractivity contribution is -0.287. The second kappa shape index (κ2) is 4.00. The van der Waals surface area contributed by atoms with Crippen molar-refractivity contribution < 1.29 is 22.0 Å². The third-order valence-corrected chi connectivity index (χ3v) is 2.29. The molecule has 14 heavy (non-hydrogen) atoms. The molecule has 0 aromatic heterocycles. The fraction of sp³-hybridized carbons (Fsp3) is 1.00. The fourth-order valence-corrected chi connectivity index (χ4v) is 1.49. The van der Waals surface area contributed by atoms with Gasteiger partial charge >= 0.3 is 12.1 Å². The van der Waals surface area contributed by atoms with E-state index >= 15 is 0 Å². The standard InChI is InChI=1S/C8H12F5N/c9-7(10,8(11,12)13)6-14-4-2-1-3-5-14/h1-6H2. The van der Waals surface area contributed by atoms with E-state index in [0.717, 1.165) is 6.42 Å². The Balaban J connectivity index is 2.49. The molecule has 0 N–H and O–H groups in total. The molecule has 0 amide bonds. The second-order valence-corrected chi connectivity index (χ2v) is 3.54. The average molecular weight is 217 g/mol. The highest BCUT2D eigenvalue weighted by Gasteiger charge is 2.57. The highest BCUT2D eigenvalue weighted by atomic mass is 19.4. The summed E-state index contributed by atoms with van der Waals surface area (Å²) >= 11 is 0. The highest BCUT2D eigenvalue weighted by Crippen LogP contribution is 2.36. The molecule has 0 unspecified atom stereocenters. The van der Waals surface area contributed by atoms with Crippen LogP contribution in [0, 0.1) is 0 Å². The molecule has 0 bridgehead atoms. The van der Waals surface area contributed by atoms with Gasteiger partial charge in [-0.25, -0.2) is 0 Å².